The van der Waals surface area contributed by atoms with Crippen molar-refractivity contribution in [2.75, 3.05) is 5.32 Å². The smallest absolute Gasteiger partial charge is 0.279 e. The summed E-state index contributed by atoms with van der Waals surface area (Å²) >= 11 is 0. The number of anilines is 1. The van der Waals surface area contributed by atoms with Gasteiger partial charge in [0.2, 0.25) is 5.95 Å². The molecule has 9 heteroatoms. The summed E-state index contributed by atoms with van der Waals surface area (Å²) in [6, 6.07) is 12.3. The summed E-state index contributed by atoms with van der Waals surface area (Å²) < 4.78 is 2.89. The minimum atomic E-state index is -0.480. The van der Waals surface area contributed by atoms with Crippen molar-refractivity contribution in [3.8, 4) is 0 Å². The van der Waals surface area contributed by atoms with E-state index in [-0.39, 0.29) is 23.2 Å². The highest BCUT2D eigenvalue weighted by atomic mass is 16.2. The van der Waals surface area contributed by atoms with Gasteiger partial charge in [-0.25, -0.2) is 14.3 Å². The second kappa shape index (κ2) is 7.63. The van der Waals surface area contributed by atoms with Crippen molar-refractivity contribution < 1.29 is 4.79 Å². The fraction of sp³-hybridized carbons (Fsp3) is 0.200. The Morgan fingerprint density at radius 2 is 1.79 bits per heavy atom. The number of rotatable bonds is 5. The SMILES string of the molecule is CC(C)n1nc(C(=O)Nc2ncn(Cc3ccccn3)n2)c2ccccc2c1=O. The van der Waals surface area contributed by atoms with E-state index in [1.807, 2.05) is 32.0 Å². The van der Waals surface area contributed by atoms with Crippen LogP contribution >= 0.6 is 0 Å². The molecular formula is C20H19N7O2. The van der Waals surface area contributed by atoms with Crippen LogP contribution in [-0.4, -0.2) is 35.4 Å². The molecule has 0 spiro atoms. The zero-order valence-electron chi connectivity index (χ0n) is 16.0. The molecule has 3 heterocycles. The minimum Gasteiger partial charge on any atom is -0.288 e. The fourth-order valence-corrected chi connectivity index (χ4v) is 2.97. The molecule has 3 aromatic heterocycles. The van der Waals surface area contributed by atoms with Gasteiger partial charge in [-0.05, 0) is 32.0 Å². The number of nitrogens with one attached hydrogen (secondary N) is 1. The van der Waals surface area contributed by atoms with Gasteiger partial charge in [0.25, 0.3) is 11.5 Å². The Hall–Kier alpha value is -3.88. The zero-order valence-corrected chi connectivity index (χ0v) is 16.0. The fourth-order valence-electron chi connectivity index (χ4n) is 2.97. The molecule has 29 heavy (non-hydrogen) atoms. The average Bonchev–Trinajstić information content (AvgIpc) is 3.15. The minimum absolute atomic E-state index is 0.148. The van der Waals surface area contributed by atoms with E-state index in [4.69, 9.17) is 0 Å². The number of hydrogen-bond donors (Lipinski definition) is 1. The molecule has 146 valence electrons. The van der Waals surface area contributed by atoms with Crippen molar-refractivity contribution in [3.05, 3.63) is 76.7 Å². The molecule has 0 bridgehead atoms. The molecule has 4 rings (SSSR count). The molecule has 0 saturated heterocycles. The standard InChI is InChI=1S/C20H19N7O2/c1-13(2)27-19(29)16-9-4-3-8-15(16)17(24-27)18(28)23-20-22-12-26(25-20)11-14-7-5-6-10-21-14/h3-10,12-13H,11H2,1-2H3,(H,23,25,28). The average molecular weight is 389 g/mol. The number of hydrogen-bond acceptors (Lipinski definition) is 6. The maximum atomic E-state index is 12.9. The first-order chi connectivity index (χ1) is 14.0. The van der Waals surface area contributed by atoms with E-state index in [1.165, 1.54) is 11.0 Å². The van der Waals surface area contributed by atoms with Crippen LogP contribution in [0.5, 0.6) is 0 Å². The van der Waals surface area contributed by atoms with Crippen LogP contribution in [0.3, 0.4) is 0 Å². The number of amides is 1. The maximum absolute atomic E-state index is 12.9. The van der Waals surface area contributed by atoms with E-state index in [0.29, 0.717) is 17.3 Å². The van der Waals surface area contributed by atoms with E-state index in [9.17, 15) is 9.59 Å². The van der Waals surface area contributed by atoms with E-state index in [1.54, 1.807) is 35.1 Å². The highest BCUT2D eigenvalue weighted by molar-refractivity contribution is 6.10. The third kappa shape index (κ3) is 3.75. The van der Waals surface area contributed by atoms with Crippen molar-refractivity contribution in [2.45, 2.75) is 26.4 Å². The van der Waals surface area contributed by atoms with Gasteiger partial charge in [0, 0.05) is 11.6 Å². The summed E-state index contributed by atoms with van der Waals surface area (Å²) in [5.74, 6) is -0.328. The highest BCUT2D eigenvalue weighted by Crippen LogP contribution is 2.16. The number of aromatic nitrogens is 6. The van der Waals surface area contributed by atoms with Crippen molar-refractivity contribution >= 4 is 22.6 Å². The highest BCUT2D eigenvalue weighted by Gasteiger charge is 2.19. The second-order valence-electron chi connectivity index (χ2n) is 6.78. The predicted molar refractivity (Wildman–Crippen MR) is 108 cm³/mol. The number of nitrogens with zero attached hydrogens (tertiary/aromatic N) is 6. The van der Waals surface area contributed by atoms with Crippen molar-refractivity contribution in [1.82, 2.24) is 29.5 Å². The molecule has 1 amide bonds. The van der Waals surface area contributed by atoms with Gasteiger partial charge in [-0.2, -0.15) is 5.10 Å². The summed E-state index contributed by atoms with van der Waals surface area (Å²) in [7, 11) is 0. The lowest BCUT2D eigenvalue weighted by Crippen LogP contribution is -2.29. The summed E-state index contributed by atoms with van der Waals surface area (Å²) in [4.78, 5) is 33.9. The van der Waals surface area contributed by atoms with Gasteiger partial charge in [0.05, 0.1) is 23.7 Å². The van der Waals surface area contributed by atoms with Crippen LogP contribution in [-0.2, 0) is 6.54 Å². The maximum Gasteiger partial charge on any atom is 0.279 e. The molecule has 0 fully saturated rings. The van der Waals surface area contributed by atoms with Crippen LogP contribution in [0.1, 0.15) is 36.1 Å². The van der Waals surface area contributed by atoms with Crippen LogP contribution in [0.15, 0.2) is 59.8 Å². The van der Waals surface area contributed by atoms with Crippen molar-refractivity contribution in [1.29, 1.82) is 0 Å². The van der Waals surface area contributed by atoms with Crippen LogP contribution in [0.4, 0.5) is 5.95 Å². The summed E-state index contributed by atoms with van der Waals surface area (Å²) in [5, 5.41) is 12.1. The monoisotopic (exact) mass is 389 g/mol. The third-order valence-corrected chi connectivity index (χ3v) is 4.34. The van der Waals surface area contributed by atoms with E-state index in [0.717, 1.165) is 5.69 Å². The first kappa shape index (κ1) is 18.5. The molecule has 0 atom stereocenters. The predicted octanol–water partition coefficient (Wildman–Crippen LogP) is 2.26. The van der Waals surface area contributed by atoms with Crippen molar-refractivity contribution in [2.24, 2.45) is 0 Å². The molecule has 0 saturated carbocycles. The molecule has 0 aliphatic heterocycles. The van der Waals surface area contributed by atoms with E-state index >= 15 is 0 Å². The van der Waals surface area contributed by atoms with Gasteiger partial charge in [-0.1, -0.05) is 24.3 Å². The molecule has 9 nitrogen and oxygen atoms in total. The Balaban J connectivity index is 1.63. The van der Waals surface area contributed by atoms with Gasteiger partial charge in [0.1, 0.15) is 6.33 Å². The molecule has 4 aromatic rings. The Bertz CT molecular complexity index is 1230. The van der Waals surface area contributed by atoms with Crippen LogP contribution in [0.25, 0.3) is 10.8 Å². The Morgan fingerprint density at radius 1 is 1.03 bits per heavy atom. The number of pyridine rings is 1. The summed E-state index contributed by atoms with van der Waals surface area (Å²) in [6.45, 7) is 4.11. The first-order valence-electron chi connectivity index (χ1n) is 9.15. The zero-order chi connectivity index (χ0) is 20.4. The number of benzene rings is 1. The number of carbonyl (C=O) groups is 1. The van der Waals surface area contributed by atoms with Crippen LogP contribution < -0.4 is 10.9 Å². The van der Waals surface area contributed by atoms with E-state index in [2.05, 4.69) is 25.5 Å². The Kier molecular flexibility index (Phi) is 4.86. The number of fused-ring (bicyclic) bond motifs is 1. The third-order valence-electron chi connectivity index (χ3n) is 4.34. The largest absolute Gasteiger partial charge is 0.288 e. The molecule has 1 N–H and O–H groups in total. The summed E-state index contributed by atoms with van der Waals surface area (Å²) in [5.41, 5.74) is 0.742. The van der Waals surface area contributed by atoms with Gasteiger partial charge in [-0.15, -0.1) is 5.10 Å². The van der Waals surface area contributed by atoms with Crippen LogP contribution in [0.2, 0.25) is 0 Å². The van der Waals surface area contributed by atoms with Crippen LogP contribution in [0, 0.1) is 0 Å². The van der Waals surface area contributed by atoms with E-state index < -0.39 is 5.91 Å². The molecule has 0 aliphatic rings. The normalized spacial score (nSPS) is 11.1. The van der Waals surface area contributed by atoms with Gasteiger partial charge in [0.15, 0.2) is 5.69 Å². The molecular weight excluding hydrogens is 370 g/mol. The number of carbonyl (C=O) groups excluding carboxylic acids is 1. The lowest BCUT2D eigenvalue weighted by molar-refractivity contribution is 0.102. The van der Waals surface area contributed by atoms with Gasteiger partial charge < -0.3 is 0 Å². The topological polar surface area (TPSA) is 108 Å². The quantitative estimate of drug-likeness (QED) is 0.561. The molecule has 0 aliphatic carbocycles. The Morgan fingerprint density at radius 3 is 2.52 bits per heavy atom. The molecule has 0 radical (unpaired) electrons. The first-order valence-corrected chi connectivity index (χ1v) is 9.15. The van der Waals surface area contributed by atoms with Gasteiger partial charge >= 0.3 is 0 Å². The lowest BCUT2D eigenvalue weighted by Gasteiger charge is -2.12. The second-order valence-corrected chi connectivity index (χ2v) is 6.78. The summed E-state index contributed by atoms with van der Waals surface area (Å²) in [6.07, 6.45) is 3.22. The lowest BCUT2D eigenvalue weighted by atomic mass is 10.1. The molecule has 0 unspecified atom stereocenters. The van der Waals surface area contributed by atoms with Gasteiger partial charge in [-0.3, -0.25) is 19.9 Å². The Labute approximate surface area is 166 Å². The molecule has 1 aromatic carbocycles. The van der Waals surface area contributed by atoms with Crippen molar-refractivity contribution in [3.63, 3.8) is 0 Å².